The molecular formula is C31H46Cl2N2Ru. The Morgan fingerprint density at radius 1 is 0.500 bits per heavy atom. The Morgan fingerprint density at radius 3 is 0.944 bits per heavy atom. The molecule has 2 nitrogen and oxygen atoms in total. The second-order valence-electron chi connectivity index (χ2n) is 14.3. The summed E-state index contributed by atoms with van der Waals surface area (Å²) in [5, 5.41) is 0. The summed E-state index contributed by atoms with van der Waals surface area (Å²) < 4.78 is 1.08. The summed E-state index contributed by atoms with van der Waals surface area (Å²) in [6, 6.07) is 14.1. The van der Waals surface area contributed by atoms with Gasteiger partial charge in [0.2, 0.25) is 0 Å². The van der Waals surface area contributed by atoms with E-state index < -0.39 is 13.5 Å². The molecule has 1 heterocycles. The molecule has 0 aromatic heterocycles. The van der Waals surface area contributed by atoms with Crippen LogP contribution < -0.4 is 9.80 Å². The van der Waals surface area contributed by atoms with Gasteiger partial charge in [0.15, 0.2) is 0 Å². The molecule has 0 amide bonds. The van der Waals surface area contributed by atoms with Gasteiger partial charge in [-0.05, 0) is 0 Å². The van der Waals surface area contributed by atoms with Crippen molar-refractivity contribution >= 4 is 35.1 Å². The first-order valence-electron chi connectivity index (χ1n) is 12.9. The van der Waals surface area contributed by atoms with E-state index in [9.17, 15) is 0 Å². The Balaban J connectivity index is 2.18. The number of hydrogen-bond acceptors (Lipinski definition) is 2. The Kier molecular flexibility index (Phi) is 8.25. The second-order valence-corrected chi connectivity index (χ2v) is 19.9. The summed E-state index contributed by atoms with van der Waals surface area (Å²) in [7, 11) is 13.8. The zero-order valence-electron chi connectivity index (χ0n) is 24.4. The van der Waals surface area contributed by atoms with Gasteiger partial charge in [-0.15, -0.1) is 0 Å². The number of anilines is 2. The van der Waals surface area contributed by atoms with Gasteiger partial charge in [0, 0.05) is 0 Å². The van der Waals surface area contributed by atoms with Crippen LogP contribution in [-0.2, 0) is 35.2 Å². The van der Waals surface area contributed by atoms with Gasteiger partial charge < -0.3 is 0 Å². The molecule has 1 fully saturated rings. The molecule has 0 aliphatic carbocycles. The van der Waals surface area contributed by atoms with Gasteiger partial charge in [-0.3, -0.25) is 0 Å². The molecule has 0 bridgehead atoms. The summed E-state index contributed by atoms with van der Waals surface area (Å²) >= 11 is -2.25. The van der Waals surface area contributed by atoms with Crippen molar-refractivity contribution in [2.45, 2.75) is 105 Å². The maximum absolute atomic E-state index is 6.88. The van der Waals surface area contributed by atoms with Crippen LogP contribution in [0.3, 0.4) is 0 Å². The maximum atomic E-state index is 6.88. The first-order valence-corrected chi connectivity index (χ1v) is 18.3. The molecule has 0 radical (unpaired) electrons. The molecule has 202 valence electrons. The molecule has 3 rings (SSSR count). The van der Waals surface area contributed by atoms with E-state index in [2.05, 4.69) is 129 Å². The second kappa shape index (κ2) is 10.0. The van der Waals surface area contributed by atoms with Crippen molar-refractivity contribution in [2.24, 2.45) is 0 Å². The quantitative estimate of drug-likeness (QED) is 0.310. The molecule has 2 aromatic rings. The SMILES string of the molecule is CC(C)(C)c1cc(N2CCN(c3cc(C(C)(C)C)cc(C(C)(C)C)c3)[C]2=[Ru]([Cl])[Cl])cc(C(C)(C)C)c1. The van der Waals surface area contributed by atoms with Gasteiger partial charge in [0.05, 0.1) is 0 Å². The van der Waals surface area contributed by atoms with Crippen molar-refractivity contribution in [1.29, 1.82) is 0 Å². The standard InChI is InChI=1S/C31H46N2.2ClH.Ru/c1-28(2,3)22-15-23(29(4,5)6)18-26(17-22)32-13-14-33(21-32)27-19-24(30(7,8)9)16-25(20-27)31(10,11)12;;;/h15-20H,13-14H2,1-12H3;2*1H;/q;;;+2/p-2. The van der Waals surface area contributed by atoms with E-state index in [1.165, 1.54) is 33.6 Å². The summed E-state index contributed by atoms with van der Waals surface area (Å²) in [5.74, 6) is 0. The molecule has 0 unspecified atom stereocenters. The van der Waals surface area contributed by atoms with Crippen molar-refractivity contribution in [3.05, 3.63) is 58.7 Å². The zero-order valence-corrected chi connectivity index (χ0v) is 27.6. The van der Waals surface area contributed by atoms with Gasteiger partial charge in [-0.2, -0.15) is 0 Å². The third-order valence-electron chi connectivity index (χ3n) is 7.02. The van der Waals surface area contributed by atoms with Gasteiger partial charge in [-0.1, -0.05) is 0 Å². The van der Waals surface area contributed by atoms with E-state index in [0.29, 0.717) is 0 Å². The Labute approximate surface area is 233 Å². The molecule has 36 heavy (non-hydrogen) atoms. The third kappa shape index (κ3) is 6.57. The molecule has 1 aliphatic heterocycles. The molecule has 1 aliphatic rings. The summed E-state index contributed by atoms with van der Waals surface area (Å²) in [4.78, 5) is 4.79. The monoisotopic (exact) mass is 618 g/mol. The van der Waals surface area contributed by atoms with E-state index in [1.54, 1.807) is 0 Å². The van der Waals surface area contributed by atoms with Crippen LogP contribution >= 0.6 is 19.4 Å². The van der Waals surface area contributed by atoms with Crippen molar-refractivity contribution in [2.75, 3.05) is 22.9 Å². The first-order chi connectivity index (χ1) is 16.2. The van der Waals surface area contributed by atoms with Crippen LogP contribution in [0, 0.1) is 0 Å². The molecule has 2 aromatic carbocycles. The van der Waals surface area contributed by atoms with Gasteiger partial charge in [0.25, 0.3) is 0 Å². The van der Waals surface area contributed by atoms with Gasteiger partial charge in [-0.25, -0.2) is 0 Å². The predicted molar refractivity (Wildman–Crippen MR) is 159 cm³/mol. The molecule has 1 saturated heterocycles. The summed E-state index contributed by atoms with van der Waals surface area (Å²) in [5.41, 5.74) is 7.99. The van der Waals surface area contributed by atoms with Crippen molar-refractivity contribution in [3.8, 4) is 0 Å². The number of benzene rings is 2. The molecule has 0 saturated carbocycles. The van der Waals surface area contributed by atoms with Crippen LogP contribution in [0.1, 0.15) is 105 Å². The number of hydrogen-bond donors (Lipinski definition) is 0. The van der Waals surface area contributed by atoms with Crippen LogP contribution in [-0.4, -0.2) is 17.4 Å². The Hall–Kier alpha value is -0.887. The van der Waals surface area contributed by atoms with Crippen LogP contribution in [0.4, 0.5) is 11.4 Å². The molecule has 5 heteroatoms. The van der Waals surface area contributed by atoms with Crippen molar-refractivity contribution in [1.82, 2.24) is 0 Å². The van der Waals surface area contributed by atoms with Crippen LogP contribution in [0.2, 0.25) is 0 Å². The third-order valence-corrected chi connectivity index (χ3v) is 9.96. The Morgan fingerprint density at radius 2 is 0.750 bits per heavy atom. The topological polar surface area (TPSA) is 6.48 Å². The molecule has 0 spiro atoms. The minimum atomic E-state index is -2.25. The van der Waals surface area contributed by atoms with E-state index in [0.717, 1.165) is 17.4 Å². The van der Waals surface area contributed by atoms with Crippen LogP contribution in [0.25, 0.3) is 0 Å². The van der Waals surface area contributed by atoms with E-state index in [1.807, 2.05) is 0 Å². The minimum absolute atomic E-state index is 0.0529. The van der Waals surface area contributed by atoms with Gasteiger partial charge >= 0.3 is 235 Å². The normalized spacial score (nSPS) is 16.2. The van der Waals surface area contributed by atoms with Crippen molar-refractivity contribution in [3.63, 3.8) is 0 Å². The van der Waals surface area contributed by atoms with E-state index in [4.69, 9.17) is 19.4 Å². The summed E-state index contributed by atoms with van der Waals surface area (Å²) in [6.45, 7) is 29.2. The number of nitrogens with zero attached hydrogens (tertiary/aromatic N) is 2. The van der Waals surface area contributed by atoms with Crippen molar-refractivity contribution < 1.29 is 13.5 Å². The molecule has 0 N–H and O–H groups in total. The number of rotatable bonds is 2. The molecular weight excluding hydrogens is 572 g/mol. The fourth-order valence-electron chi connectivity index (χ4n) is 4.40. The first kappa shape index (κ1) is 29.7. The predicted octanol–water partition coefficient (Wildman–Crippen LogP) is 9.22. The fraction of sp³-hybridized carbons (Fsp3) is 0.581. The molecule has 0 atom stereocenters. The summed E-state index contributed by atoms with van der Waals surface area (Å²) in [6.07, 6.45) is 0. The number of halogens is 2. The fourth-order valence-corrected chi connectivity index (χ4v) is 7.65. The average molecular weight is 619 g/mol. The van der Waals surface area contributed by atoms with Crippen LogP contribution in [0.15, 0.2) is 36.4 Å². The van der Waals surface area contributed by atoms with Crippen LogP contribution in [0.5, 0.6) is 0 Å². The van der Waals surface area contributed by atoms with E-state index >= 15 is 0 Å². The Bertz CT molecular complexity index is 1000. The van der Waals surface area contributed by atoms with E-state index in [-0.39, 0.29) is 21.7 Å². The zero-order chi connectivity index (χ0) is 27.4. The van der Waals surface area contributed by atoms with Gasteiger partial charge in [0.1, 0.15) is 0 Å². The average Bonchev–Trinajstić information content (AvgIpc) is 3.16.